The van der Waals surface area contributed by atoms with Gasteiger partial charge in [-0.1, -0.05) is 36.9 Å². The van der Waals surface area contributed by atoms with E-state index in [4.69, 9.17) is 11.1 Å². The molecule has 0 aliphatic carbocycles. The molecule has 0 unspecified atom stereocenters. The van der Waals surface area contributed by atoms with Gasteiger partial charge in [0.1, 0.15) is 11.7 Å². The van der Waals surface area contributed by atoms with Crippen LogP contribution in [0.4, 0.5) is 4.39 Å². The molecule has 2 aromatic rings. The monoisotopic (exact) mass is 306 g/mol. The lowest BCUT2D eigenvalue weighted by atomic mass is 10.2. The van der Waals surface area contributed by atoms with Crippen molar-refractivity contribution in [1.29, 1.82) is 5.41 Å². The van der Waals surface area contributed by atoms with Crippen LogP contribution in [0, 0.1) is 11.2 Å². The van der Waals surface area contributed by atoms with Crippen molar-refractivity contribution in [1.82, 2.24) is 0 Å². The molecule has 0 saturated carbocycles. The first kappa shape index (κ1) is 14.9. The Kier molecular flexibility index (Phi) is 5.09. The topological polar surface area (TPSA) is 49.9 Å². The quantitative estimate of drug-likeness (QED) is 0.490. The van der Waals surface area contributed by atoms with E-state index in [1.165, 1.54) is 17.8 Å². The van der Waals surface area contributed by atoms with Crippen LogP contribution in [0.15, 0.2) is 57.2 Å². The minimum absolute atomic E-state index is 0.0142. The third-order valence-electron chi connectivity index (χ3n) is 2.61. The third-order valence-corrected chi connectivity index (χ3v) is 4.66. The second kappa shape index (κ2) is 6.81. The Morgan fingerprint density at radius 2 is 1.75 bits per heavy atom. The van der Waals surface area contributed by atoms with E-state index in [1.807, 2.05) is 25.1 Å². The van der Waals surface area contributed by atoms with Gasteiger partial charge in [-0.2, -0.15) is 0 Å². The fraction of sp³-hybridized carbons (Fsp3) is 0.133. The summed E-state index contributed by atoms with van der Waals surface area (Å²) in [7, 11) is 0. The largest absolute Gasteiger partial charge is 0.384 e. The van der Waals surface area contributed by atoms with E-state index in [0.29, 0.717) is 10.5 Å². The lowest BCUT2D eigenvalue weighted by Gasteiger charge is -2.12. The SMILES string of the molecule is CCSc1cccc(Sc2ccccc2F)c1C(=N)N. The summed E-state index contributed by atoms with van der Waals surface area (Å²) >= 11 is 2.93. The number of nitrogens with one attached hydrogen (secondary N) is 1. The van der Waals surface area contributed by atoms with Gasteiger partial charge in [-0.25, -0.2) is 4.39 Å². The summed E-state index contributed by atoms with van der Waals surface area (Å²) in [4.78, 5) is 2.30. The van der Waals surface area contributed by atoms with Crippen molar-refractivity contribution in [2.45, 2.75) is 21.6 Å². The smallest absolute Gasteiger partial charge is 0.137 e. The van der Waals surface area contributed by atoms with Crippen LogP contribution in [-0.2, 0) is 0 Å². The molecule has 0 heterocycles. The average Bonchev–Trinajstić information content (AvgIpc) is 2.41. The van der Waals surface area contributed by atoms with E-state index in [1.54, 1.807) is 30.0 Å². The molecule has 2 nitrogen and oxygen atoms in total. The molecular formula is C15H15FN2S2. The maximum atomic E-state index is 13.7. The lowest BCUT2D eigenvalue weighted by Crippen LogP contribution is -2.13. The predicted molar refractivity (Wildman–Crippen MR) is 84.4 cm³/mol. The van der Waals surface area contributed by atoms with Gasteiger partial charge in [0.05, 0.1) is 0 Å². The molecule has 0 saturated heterocycles. The highest BCUT2D eigenvalue weighted by atomic mass is 32.2. The Balaban J connectivity index is 2.44. The van der Waals surface area contributed by atoms with Gasteiger partial charge in [-0.3, -0.25) is 5.41 Å². The van der Waals surface area contributed by atoms with Crippen molar-refractivity contribution in [3.63, 3.8) is 0 Å². The van der Waals surface area contributed by atoms with Gasteiger partial charge >= 0.3 is 0 Å². The van der Waals surface area contributed by atoms with E-state index in [-0.39, 0.29) is 11.7 Å². The number of nitrogens with two attached hydrogens (primary N) is 1. The summed E-state index contributed by atoms with van der Waals surface area (Å²) in [6, 6.07) is 12.3. The Labute approximate surface area is 126 Å². The van der Waals surface area contributed by atoms with E-state index in [9.17, 15) is 4.39 Å². The molecule has 3 N–H and O–H groups in total. The first-order valence-corrected chi connectivity index (χ1v) is 7.96. The highest BCUT2D eigenvalue weighted by Gasteiger charge is 2.13. The first-order valence-electron chi connectivity index (χ1n) is 6.16. The Morgan fingerprint density at radius 1 is 1.10 bits per heavy atom. The average molecular weight is 306 g/mol. The standard InChI is InChI=1S/C15H15FN2S2/c1-2-19-12-8-5-9-13(14(12)15(17)18)20-11-7-4-3-6-10(11)16/h3-9H,2H2,1H3,(H3,17,18). The van der Waals surface area contributed by atoms with Crippen LogP contribution in [0.25, 0.3) is 0 Å². The van der Waals surface area contributed by atoms with Crippen LogP contribution >= 0.6 is 23.5 Å². The van der Waals surface area contributed by atoms with Gasteiger partial charge in [0, 0.05) is 20.2 Å². The summed E-state index contributed by atoms with van der Waals surface area (Å²) in [5.74, 6) is 0.648. The summed E-state index contributed by atoms with van der Waals surface area (Å²) < 4.78 is 13.7. The van der Waals surface area contributed by atoms with Crippen LogP contribution < -0.4 is 5.73 Å². The summed E-state index contributed by atoms with van der Waals surface area (Å²) in [6.45, 7) is 2.05. The van der Waals surface area contributed by atoms with Crippen LogP contribution in [0.2, 0.25) is 0 Å². The number of nitrogen functional groups attached to an aromatic ring is 1. The number of hydrogen-bond acceptors (Lipinski definition) is 3. The van der Waals surface area contributed by atoms with Crippen molar-refractivity contribution in [3.8, 4) is 0 Å². The zero-order chi connectivity index (χ0) is 14.5. The molecule has 0 spiro atoms. The molecule has 104 valence electrons. The second-order valence-electron chi connectivity index (χ2n) is 4.01. The summed E-state index contributed by atoms with van der Waals surface area (Å²) in [6.07, 6.45) is 0. The minimum Gasteiger partial charge on any atom is -0.384 e. The van der Waals surface area contributed by atoms with Crippen molar-refractivity contribution in [3.05, 3.63) is 53.8 Å². The van der Waals surface area contributed by atoms with Crippen LogP contribution in [0.3, 0.4) is 0 Å². The first-order chi connectivity index (χ1) is 9.63. The second-order valence-corrected chi connectivity index (χ2v) is 6.40. The zero-order valence-corrected chi connectivity index (χ0v) is 12.7. The third kappa shape index (κ3) is 3.35. The molecule has 0 bridgehead atoms. The van der Waals surface area contributed by atoms with Crippen LogP contribution in [0.5, 0.6) is 0 Å². The molecule has 20 heavy (non-hydrogen) atoms. The maximum Gasteiger partial charge on any atom is 0.137 e. The van der Waals surface area contributed by atoms with Crippen LogP contribution in [-0.4, -0.2) is 11.6 Å². The van der Waals surface area contributed by atoms with Crippen molar-refractivity contribution >= 4 is 29.4 Å². The number of halogens is 1. The number of thioether (sulfide) groups is 1. The molecule has 0 radical (unpaired) electrons. The van der Waals surface area contributed by atoms with Crippen molar-refractivity contribution < 1.29 is 4.39 Å². The molecule has 2 aromatic carbocycles. The van der Waals surface area contributed by atoms with Crippen molar-refractivity contribution in [2.75, 3.05) is 5.75 Å². The Bertz CT molecular complexity index is 629. The van der Waals surface area contributed by atoms with Gasteiger partial charge < -0.3 is 5.73 Å². The number of benzene rings is 2. The van der Waals surface area contributed by atoms with Gasteiger partial charge in [-0.05, 0) is 30.0 Å². The van der Waals surface area contributed by atoms with Gasteiger partial charge in [0.15, 0.2) is 0 Å². The molecule has 0 aliphatic heterocycles. The minimum atomic E-state index is -0.263. The molecule has 0 atom stereocenters. The van der Waals surface area contributed by atoms with Gasteiger partial charge in [-0.15, -0.1) is 11.8 Å². The lowest BCUT2D eigenvalue weighted by molar-refractivity contribution is 0.602. The predicted octanol–water partition coefficient (Wildman–Crippen LogP) is 4.37. The van der Waals surface area contributed by atoms with Gasteiger partial charge in [0.25, 0.3) is 0 Å². The normalized spacial score (nSPS) is 10.5. The molecule has 0 amide bonds. The number of amidine groups is 1. The molecule has 0 aromatic heterocycles. The van der Waals surface area contributed by atoms with E-state index >= 15 is 0 Å². The fourth-order valence-corrected chi connectivity index (χ4v) is 3.72. The van der Waals surface area contributed by atoms with E-state index in [2.05, 4.69) is 0 Å². The fourth-order valence-electron chi connectivity index (χ4n) is 1.78. The molecule has 0 fully saturated rings. The molecule has 0 aliphatic rings. The Hall–Kier alpha value is -1.46. The van der Waals surface area contributed by atoms with Crippen LogP contribution in [0.1, 0.15) is 12.5 Å². The molecular weight excluding hydrogens is 291 g/mol. The van der Waals surface area contributed by atoms with E-state index in [0.717, 1.165) is 15.5 Å². The Morgan fingerprint density at radius 3 is 2.40 bits per heavy atom. The number of hydrogen-bond donors (Lipinski definition) is 2. The van der Waals surface area contributed by atoms with Crippen molar-refractivity contribution in [2.24, 2.45) is 5.73 Å². The summed E-state index contributed by atoms with van der Waals surface area (Å²) in [5, 5.41) is 7.77. The van der Waals surface area contributed by atoms with Gasteiger partial charge in [0.2, 0.25) is 0 Å². The number of rotatable bonds is 5. The highest BCUT2D eigenvalue weighted by molar-refractivity contribution is 8.00. The highest BCUT2D eigenvalue weighted by Crippen LogP contribution is 2.36. The summed E-state index contributed by atoms with van der Waals surface area (Å²) in [5.41, 5.74) is 6.39. The molecule has 2 rings (SSSR count). The zero-order valence-electron chi connectivity index (χ0n) is 11.0. The molecule has 5 heteroatoms. The maximum absolute atomic E-state index is 13.7. The van der Waals surface area contributed by atoms with E-state index < -0.39 is 0 Å².